The van der Waals surface area contributed by atoms with Crippen LogP contribution in [0.3, 0.4) is 0 Å². The van der Waals surface area contributed by atoms with Gasteiger partial charge in [0, 0.05) is 25.7 Å². The first-order valence-electron chi connectivity index (χ1n) is 12.1. The molecule has 2 aromatic carbocycles. The molecule has 1 N–H and O–H groups in total. The minimum atomic E-state index is -4.06. The molecule has 198 valence electrons. The Labute approximate surface area is 214 Å². The Morgan fingerprint density at radius 1 is 0.972 bits per heavy atom. The number of sulfonamides is 1. The van der Waals surface area contributed by atoms with Gasteiger partial charge in [-0.15, -0.1) is 0 Å². The van der Waals surface area contributed by atoms with Gasteiger partial charge in [-0.3, -0.25) is 0 Å². The molecular weight excluding hydrogens is 480 g/mol. The second-order valence-electron chi connectivity index (χ2n) is 11.5. The normalized spacial score (nSPS) is 17.7. The molecule has 1 heterocycles. The van der Waals surface area contributed by atoms with Gasteiger partial charge in [-0.1, -0.05) is 26.8 Å². The highest BCUT2D eigenvalue weighted by Crippen LogP contribution is 2.37. The van der Waals surface area contributed by atoms with Gasteiger partial charge >= 0.3 is 6.09 Å². The first-order valence-corrected chi connectivity index (χ1v) is 13.5. The Morgan fingerprint density at radius 3 is 2.14 bits per heavy atom. The maximum absolute atomic E-state index is 13.9. The number of ether oxygens (including phenoxy) is 2. The van der Waals surface area contributed by atoms with Gasteiger partial charge in [-0.25, -0.2) is 13.2 Å². The Bertz CT molecular complexity index is 1210. The molecule has 9 heteroatoms. The van der Waals surface area contributed by atoms with Gasteiger partial charge in [-0.05, 0) is 75.4 Å². The van der Waals surface area contributed by atoms with Crippen molar-refractivity contribution in [2.24, 2.45) is 5.41 Å². The molecule has 1 unspecified atom stereocenters. The summed E-state index contributed by atoms with van der Waals surface area (Å²) in [7, 11) is -4.06. The molecule has 0 bridgehead atoms. The average molecular weight is 519 g/mol. The molecule has 0 spiro atoms. The van der Waals surface area contributed by atoms with Crippen molar-refractivity contribution in [3.63, 3.8) is 0 Å². The van der Waals surface area contributed by atoms with E-state index in [1.54, 1.807) is 25.7 Å². The Balaban J connectivity index is 1.95. The van der Waals surface area contributed by atoms with Crippen LogP contribution in [0, 0.1) is 19.3 Å². The van der Waals surface area contributed by atoms with Crippen molar-refractivity contribution in [2.75, 3.05) is 19.6 Å². The summed E-state index contributed by atoms with van der Waals surface area (Å²) in [4.78, 5) is 14.4. The number of carbonyl (C=O) groups excluding carboxylic acids is 1. The topological polar surface area (TPSA) is 96.4 Å². The third kappa shape index (κ3) is 6.50. The maximum Gasteiger partial charge on any atom is 0.410 e. The zero-order valence-corrected chi connectivity index (χ0v) is 23.3. The van der Waals surface area contributed by atoms with E-state index in [0.717, 1.165) is 11.1 Å². The number of phenols is 1. The molecule has 0 radical (unpaired) electrons. The minimum Gasteiger partial charge on any atom is -0.508 e. The van der Waals surface area contributed by atoms with Crippen LogP contribution in [0.2, 0.25) is 0 Å². The van der Waals surface area contributed by atoms with Crippen molar-refractivity contribution in [3.05, 3.63) is 47.5 Å². The fourth-order valence-electron chi connectivity index (χ4n) is 4.30. The van der Waals surface area contributed by atoms with Crippen molar-refractivity contribution in [2.45, 2.75) is 71.9 Å². The summed E-state index contributed by atoms with van der Waals surface area (Å²) in [5.41, 5.74) is 0.895. The lowest BCUT2D eigenvalue weighted by Gasteiger charge is -2.46. The molecule has 8 nitrogen and oxygen atoms in total. The zero-order valence-electron chi connectivity index (χ0n) is 22.5. The number of carbonyl (C=O) groups is 1. The predicted octanol–water partition coefficient (Wildman–Crippen LogP) is 5.46. The van der Waals surface area contributed by atoms with E-state index in [1.165, 1.54) is 22.5 Å². The van der Waals surface area contributed by atoms with Gasteiger partial charge in [0.05, 0.1) is 6.04 Å². The van der Waals surface area contributed by atoms with E-state index in [4.69, 9.17) is 9.47 Å². The third-order valence-electron chi connectivity index (χ3n) is 5.94. The highest BCUT2D eigenvalue weighted by molar-refractivity contribution is 7.89. The summed E-state index contributed by atoms with van der Waals surface area (Å²) in [6, 6.07) is 9.29. The number of amides is 1. The number of phenolic OH excluding ortho intramolecular Hbond substituents is 1. The van der Waals surface area contributed by atoms with E-state index in [0.29, 0.717) is 5.75 Å². The molecule has 1 amide bonds. The molecular formula is C27H38N2O6S. The molecule has 0 aliphatic carbocycles. The lowest BCUT2D eigenvalue weighted by Crippen LogP contribution is -2.61. The van der Waals surface area contributed by atoms with Gasteiger partial charge in [0.15, 0.2) is 0 Å². The van der Waals surface area contributed by atoms with Crippen molar-refractivity contribution >= 4 is 16.1 Å². The second kappa shape index (κ2) is 9.94. The summed E-state index contributed by atoms with van der Waals surface area (Å²) in [5.74, 6) is 0.456. The van der Waals surface area contributed by atoms with Crippen LogP contribution in [0.15, 0.2) is 41.3 Å². The Hall–Kier alpha value is -2.78. The van der Waals surface area contributed by atoms with Gasteiger partial charge in [0.25, 0.3) is 0 Å². The van der Waals surface area contributed by atoms with E-state index in [9.17, 15) is 18.3 Å². The van der Waals surface area contributed by atoms with E-state index in [2.05, 4.69) is 0 Å². The lowest BCUT2D eigenvalue weighted by molar-refractivity contribution is -0.0125. The van der Waals surface area contributed by atoms with E-state index >= 15 is 0 Å². The molecule has 1 fully saturated rings. The Kier molecular flexibility index (Phi) is 7.67. The SMILES string of the molecule is Cc1cc(C)cc(Oc2ccc(O)cc2S(=O)(=O)N2CCN(C(=O)OC(C)(C)C)C(C(C)(C)C)C2)c1. The largest absolute Gasteiger partial charge is 0.508 e. The first kappa shape index (κ1) is 27.8. The fourth-order valence-corrected chi connectivity index (χ4v) is 5.87. The standard InChI is InChI=1S/C27H38N2O6S/c1-18-13-19(2)15-21(14-18)34-22-10-9-20(30)16-23(22)36(32,33)28-11-12-29(24(17-28)26(3,4)5)25(31)35-27(6,7)8/h9-10,13-16,24,30H,11-12,17H2,1-8H3. The first-order chi connectivity index (χ1) is 16.5. The van der Waals surface area contributed by atoms with Crippen molar-refractivity contribution in [1.82, 2.24) is 9.21 Å². The number of piperazine rings is 1. The van der Waals surface area contributed by atoms with Crippen LogP contribution >= 0.6 is 0 Å². The van der Waals surface area contributed by atoms with Crippen LogP contribution in [0.1, 0.15) is 52.7 Å². The minimum absolute atomic E-state index is 0.0870. The quantitative estimate of drug-likeness (QED) is 0.578. The molecule has 36 heavy (non-hydrogen) atoms. The summed E-state index contributed by atoms with van der Waals surface area (Å²) in [5, 5.41) is 10.1. The van der Waals surface area contributed by atoms with Crippen LogP contribution in [-0.4, -0.2) is 60.1 Å². The van der Waals surface area contributed by atoms with Crippen LogP contribution in [-0.2, 0) is 14.8 Å². The number of rotatable bonds is 4. The second-order valence-corrected chi connectivity index (χ2v) is 13.4. The van der Waals surface area contributed by atoms with Crippen molar-refractivity contribution < 1.29 is 27.8 Å². The lowest BCUT2D eigenvalue weighted by atomic mass is 9.85. The molecule has 1 aliphatic heterocycles. The number of aryl methyl sites for hydroxylation is 2. The maximum atomic E-state index is 13.9. The highest BCUT2D eigenvalue weighted by Gasteiger charge is 2.43. The molecule has 1 aliphatic rings. The molecule has 2 aromatic rings. The number of aromatic hydroxyl groups is 1. The Morgan fingerprint density at radius 2 is 1.58 bits per heavy atom. The number of hydrogen-bond donors (Lipinski definition) is 1. The van der Waals surface area contributed by atoms with Crippen molar-refractivity contribution in [3.8, 4) is 17.2 Å². The van der Waals surface area contributed by atoms with Crippen LogP contribution in [0.4, 0.5) is 4.79 Å². The zero-order chi connectivity index (χ0) is 27.1. The molecule has 1 atom stereocenters. The average Bonchev–Trinajstić information content (AvgIpc) is 2.72. The summed E-state index contributed by atoms with van der Waals surface area (Å²) in [6.07, 6.45) is -0.462. The van der Waals surface area contributed by atoms with Crippen LogP contribution in [0.5, 0.6) is 17.2 Å². The van der Waals surface area contributed by atoms with Crippen molar-refractivity contribution in [1.29, 1.82) is 0 Å². The van der Waals surface area contributed by atoms with Gasteiger partial charge in [0.1, 0.15) is 27.7 Å². The van der Waals surface area contributed by atoms with Gasteiger partial charge < -0.3 is 19.5 Å². The number of benzene rings is 2. The van der Waals surface area contributed by atoms with Crippen LogP contribution < -0.4 is 4.74 Å². The molecule has 1 saturated heterocycles. The van der Waals surface area contributed by atoms with E-state index in [-0.39, 0.29) is 36.0 Å². The van der Waals surface area contributed by atoms with Gasteiger partial charge in [-0.2, -0.15) is 4.31 Å². The third-order valence-corrected chi connectivity index (χ3v) is 7.83. The molecule has 3 rings (SSSR count). The molecule has 0 saturated carbocycles. The summed E-state index contributed by atoms with van der Waals surface area (Å²) >= 11 is 0. The monoisotopic (exact) mass is 518 g/mol. The fraction of sp³-hybridized carbons (Fsp3) is 0.519. The van der Waals surface area contributed by atoms with Gasteiger partial charge in [0.2, 0.25) is 10.0 Å². The predicted molar refractivity (Wildman–Crippen MR) is 139 cm³/mol. The van der Waals surface area contributed by atoms with Crippen LogP contribution in [0.25, 0.3) is 0 Å². The number of nitrogens with zero attached hydrogens (tertiary/aromatic N) is 2. The van der Waals surface area contributed by atoms with E-state index in [1.807, 2.05) is 52.8 Å². The van der Waals surface area contributed by atoms with E-state index < -0.39 is 33.2 Å². The summed E-state index contributed by atoms with van der Waals surface area (Å²) in [6.45, 7) is 15.5. The highest BCUT2D eigenvalue weighted by atomic mass is 32.2. The smallest absolute Gasteiger partial charge is 0.410 e. The number of hydrogen-bond acceptors (Lipinski definition) is 6. The molecule has 0 aromatic heterocycles. The summed E-state index contributed by atoms with van der Waals surface area (Å²) < 4.78 is 40.7.